The summed E-state index contributed by atoms with van der Waals surface area (Å²) >= 11 is 8.83. The van der Waals surface area contributed by atoms with E-state index in [2.05, 4.69) is 15.2 Å². The highest BCUT2D eigenvalue weighted by atomic mass is 35.5. The van der Waals surface area contributed by atoms with E-state index in [1.54, 1.807) is 23.6 Å². The van der Waals surface area contributed by atoms with Gasteiger partial charge in [0.2, 0.25) is 0 Å². The molecule has 3 aromatic rings. The molecule has 0 spiro atoms. The molecule has 0 fully saturated rings. The van der Waals surface area contributed by atoms with Crippen molar-refractivity contribution in [2.24, 2.45) is 0 Å². The van der Waals surface area contributed by atoms with Gasteiger partial charge in [-0.1, -0.05) is 29.4 Å². The Morgan fingerprint density at radius 3 is 2.90 bits per heavy atom. The summed E-state index contributed by atoms with van der Waals surface area (Å²) in [5, 5.41) is 11.2. The van der Waals surface area contributed by atoms with Crippen LogP contribution in [-0.4, -0.2) is 15.2 Å². The zero-order valence-corrected chi connectivity index (χ0v) is 12.9. The monoisotopic (exact) mass is 323 g/mol. The van der Waals surface area contributed by atoms with Crippen molar-refractivity contribution in [2.75, 3.05) is 0 Å². The number of pyridine rings is 1. The van der Waals surface area contributed by atoms with Gasteiger partial charge in [-0.25, -0.2) is 4.98 Å². The molecule has 0 aliphatic carbocycles. The molecule has 3 heterocycles. The summed E-state index contributed by atoms with van der Waals surface area (Å²) in [7, 11) is 0. The van der Waals surface area contributed by atoms with Crippen LogP contribution in [-0.2, 0) is 5.75 Å². The molecule has 7 heteroatoms. The van der Waals surface area contributed by atoms with Crippen LogP contribution in [0.25, 0.3) is 10.8 Å². The maximum atomic E-state index is 5.75. The number of aryl methyl sites for hydroxylation is 1. The molecule has 20 heavy (non-hydrogen) atoms. The fourth-order valence-corrected chi connectivity index (χ4v) is 3.24. The minimum Gasteiger partial charge on any atom is -0.410 e. The van der Waals surface area contributed by atoms with E-state index in [4.69, 9.17) is 16.0 Å². The highest BCUT2D eigenvalue weighted by molar-refractivity contribution is 7.98. The van der Waals surface area contributed by atoms with Gasteiger partial charge in [0.25, 0.3) is 11.1 Å². The average Bonchev–Trinajstić information content (AvgIpc) is 3.06. The quantitative estimate of drug-likeness (QED) is 0.524. The van der Waals surface area contributed by atoms with Crippen LogP contribution in [0, 0.1) is 6.92 Å². The Morgan fingerprint density at radius 2 is 2.20 bits per heavy atom. The molecule has 0 atom stereocenters. The van der Waals surface area contributed by atoms with Crippen LogP contribution in [0.2, 0.25) is 5.15 Å². The smallest absolute Gasteiger partial charge is 0.277 e. The molecule has 0 saturated carbocycles. The zero-order chi connectivity index (χ0) is 13.9. The predicted molar refractivity (Wildman–Crippen MR) is 81.2 cm³/mol. The number of thiophene rings is 1. The maximum absolute atomic E-state index is 5.75. The second kappa shape index (κ2) is 5.95. The van der Waals surface area contributed by atoms with Gasteiger partial charge in [0.1, 0.15) is 5.15 Å². The lowest BCUT2D eigenvalue weighted by atomic mass is 10.3. The number of thioether (sulfide) groups is 1. The molecule has 0 aromatic carbocycles. The van der Waals surface area contributed by atoms with Gasteiger partial charge >= 0.3 is 0 Å². The molecule has 0 unspecified atom stereocenters. The Balaban J connectivity index is 1.69. The summed E-state index contributed by atoms with van der Waals surface area (Å²) in [5.41, 5.74) is 2.21. The zero-order valence-electron chi connectivity index (χ0n) is 10.5. The summed E-state index contributed by atoms with van der Waals surface area (Å²) in [6, 6.07) is 5.74. The van der Waals surface area contributed by atoms with Crippen LogP contribution < -0.4 is 0 Å². The summed E-state index contributed by atoms with van der Waals surface area (Å²) in [4.78, 5) is 5.06. The Kier molecular flexibility index (Phi) is 4.05. The molecule has 0 aliphatic rings. The van der Waals surface area contributed by atoms with Gasteiger partial charge in [0.05, 0.1) is 4.88 Å². The molecule has 0 amide bonds. The van der Waals surface area contributed by atoms with Crippen LogP contribution in [0.15, 0.2) is 39.4 Å². The maximum Gasteiger partial charge on any atom is 0.277 e. The average molecular weight is 324 g/mol. The third-order valence-corrected chi connectivity index (χ3v) is 4.73. The minimum atomic E-state index is 0.493. The highest BCUT2D eigenvalue weighted by Crippen LogP contribution is 2.30. The molecule has 0 saturated heterocycles. The number of hydrogen-bond acceptors (Lipinski definition) is 6. The van der Waals surface area contributed by atoms with Gasteiger partial charge in [0.15, 0.2) is 0 Å². The highest BCUT2D eigenvalue weighted by Gasteiger charge is 2.12. The third kappa shape index (κ3) is 3.03. The molecule has 0 N–H and O–H groups in total. The minimum absolute atomic E-state index is 0.493. The molecule has 0 aliphatic heterocycles. The second-order valence-corrected chi connectivity index (χ2v) is 6.31. The molecule has 3 rings (SSSR count). The van der Waals surface area contributed by atoms with E-state index in [0.29, 0.717) is 16.3 Å². The number of halogens is 1. The van der Waals surface area contributed by atoms with Gasteiger partial charge in [-0.2, -0.15) is 0 Å². The van der Waals surface area contributed by atoms with E-state index >= 15 is 0 Å². The molecular weight excluding hydrogens is 314 g/mol. The van der Waals surface area contributed by atoms with Gasteiger partial charge in [0, 0.05) is 11.9 Å². The number of hydrogen-bond donors (Lipinski definition) is 0. The Hall–Kier alpha value is -1.37. The van der Waals surface area contributed by atoms with E-state index in [1.807, 2.05) is 24.4 Å². The standard InChI is InChI=1S/C13H10ClN3OS2/c1-8-4-5-19-11(8)12-16-17-13(18-12)20-7-9-2-3-10(14)15-6-9/h2-6H,7H2,1H3. The van der Waals surface area contributed by atoms with Crippen molar-refractivity contribution < 1.29 is 4.42 Å². The number of aromatic nitrogens is 3. The topological polar surface area (TPSA) is 51.8 Å². The van der Waals surface area contributed by atoms with E-state index < -0.39 is 0 Å². The SMILES string of the molecule is Cc1ccsc1-c1nnc(SCc2ccc(Cl)nc2)o1. The van der Waals surface area contributed by atoms with Crippen LogP contribution >= 0.6 is 34.7 Å². The number of rotatable bonds is 4. The Labute approximate surface area is 129 Å². The van der Waals surface area contributed by atoms with Crippen molar-refractivity contribution in [3.8, 4) is 10.8 Å². The lowest BCUT2D eigenvalue weighted by Gasteiger charge is -1.97. The van der Waals surface area contributed by atoms with Crippen molar-refractivity contribution in [3.05, 3.63) is 46.1 Å². The van der Waals surface area contributed by atoms with E-state index in [-0.39, 0.29) is 0 Å². The molecule has 3 aromatic heterocycles. The van der Waals surface area contributed by atoms with Crippen molar-refractivity contribution in [1.29, 1.82) is 0 Å². The van der Waals surface area contributed by atoms with Crippen molar-refractivity contribution in [3.63, 3.8) is 0 Å². The predicted octanol–water partition coefficient (Wildman–Crippen LogP) is 4.45. The summed E-state index contributed by atoms with van der Waals surface area (Å²) in [5.74, 6) is 1.30. The second-order valence-electron chi connectivity index (χ2n) is 4.08. The van der Waals surface area contributed by atoms with Crippen molar-refractivity contribution in [2.45, 2.75) is 17.9 Å². The summed E-state index contributed by atoms with van der Waals surface area (Å²) in [6.07, 6.45) is 1.75. The van der Waals surface area contributed by atoms with Crippen LogP contribution in [0.4, 0.5) is 0 Å². The lowest BCUT2D eigenvalue weighted by molar-refractivity contribution is 0.466. The molecular formula is C13H10ClN3OS2. The van der Waals surface area contributed by atoms with Gasteiger partial charge in [-0.05, 0) is 35.6 Å². The van der Waals surface area contributed by atoms with Crippen molar-refractivity contribution in [1.82, 2.24) is 15.2 Å². The first-order chi connectivity index (χ1) is 9.72. The van der Waals surface area contributed by atoms with Crippen molar-refractivity contribution >= 4 is 34.7 Å². The first-order valence-corrected chi connectivity index (χ1v) is 8.08. The van der Waals surface area contributed by atoms with Crippen LogP contribution in [0.5, 0.6) is 0 Å². The molecule has 0 radical (unpaired) electrons. The van der Waals surface area contributed by atoms with Gasteiger partial charge < -0.3 is 4.42 Å². The van der Waals surface area contributed by atoms with E-state index in [9.17, 15) is 0 Å². The Bertz CT molecular complexity index is 708. The normalized spacial score (nSPS) is 10.9. The number of nitrogens with zero attached hydrogens (tertiary/aromatic N) is 3. The third-order valence-electron chi connectivity index (χ3n) is 2.61. The van der Waals surface area contributed by atoms with Gasteiger partial charge in [-0.3, -0.25) is 0 Å². The first-order valence-electron chi connectivity index (χ1n) is 5.83. The summed E-state index contributed by atoms with van der Waals surface area (Å²) < 4.78 is 5.66. The fraction of sp³-hybridized carbons (Fsp3) is 0.154. The van der Waals surface area contributed by atoms with Crippen LogP contribution in [0.3, 0.4) is 0 Å². The fourth-order valence-electron chi connectivity index (χ4n) is 1.59. The van der Waals surface area contributed by atoms with Gasteiger partial charge in [-0.15, -0.1) is 21.5 Å². The summed E-state index contributed by atoms with van der Waals surface area (Å²) in [6.45, 7) is 2.03. The Morgan fingerprint density at radius 1 is 1.30 bits per heavy atom. The molecule has 0 bridgehead atoms. The van der Waals surface area contributed by atoms with E-state index in [0.717, 1.165) is 21.8 Å². The largest absolute Gasteiger partial charge is 0.410 e. The van der Waals surface area contributed by atoms with Crippen LogP contribution in [0.1, 0.15) is 11.1 Å². The molecule has 102 valence electrons. The molecule has 4 nitrogen and oxygen atoms in total. The first kappa shape index (κ1) is 13.6. The lowest BCUT2D eigenvalue weighted by Crippen LogP contribution is -1.83. The van der Waals surface area contributed by atoms with E-state index in [1.165, 1.54) is 11.8 Å².